The fourth-order valence-electron chi connectivity index (χ4n) is 4.61. The molecule has 1 aromatic carbocycles. The fourth-order valence-corrected chi connectivity index (χ4v) is 6.05. The van der Waals surface area contributed by atoms with Crippen LogP contribution in [0.4, 0.5) is 17.6 Å². The van der Waals surface area contributed by atoms with E-state index in [1.54, 1.807) is 6.92 Å². The van der Waals surface area contributed by atoms with Crippen molar-refractivity contribution in [2.24, 2.45) is 11.3 Å². The molecule has 2 aromatic rings. The van der Waals surface area contributed by atoms with Crippen molar-refractivity contribution in [3.8, 4) is 5.69 Å². The van der Waals surface area contributed by atoms with Crippen molar-refractivity contribution in [2.75, 3.05) is 12.8 Å². The van der Waals surface area contributed by atoms with Crippen LogP contribution in [0.25, 0.3) is 5.69 Å². The first-order valence-corrected chi connectivity index (χ1v) is 14.5. The average Bonchev–Trinajstić information content (AvgIpc) is 3.12. The van der Waals surface area contributed by atoms with Crippen LogP contribution in [-0.4, -0.2) is 48.1 Å². The molecule has 1 aromatic heterocycles. The highest BCUT2D eigenvalue weighted by Crippen LogP contribution is 2.40. The number of nitrogens with zero attached hydrogens (tertiary/aromatic N) is 2. The first kappa shape index (κ1) is 29.4. The van der Waals surface area contributed by atoms with Crippen LogP contribution in [0.3, 0.4) is 0 Å². The number of hydrogen-bond donors (Lipinski definition) is 1. The second-order valence-electron chi connectivity index (χ2n) is 10.4. The van der Waals surface area contributed by atoms with Gasteiger partial charge in [0.2, 0.25) is 0 Å². The summed E-state index contributed by atoms with van der Waals surface area (Å²) in [4.78, 5) is 17.2. The molecule has 1 heterocycles. The molecule has 0 radical (unpaired) electrons. The van der Waals surface area contributed by atoms with Crippen molar-refractivity contribution in [3.63, 3.8) is 0 Å². The van der Waals surface area contributed by atoms with E-state index in [-0.39, 0.29) is 33.3 Å². The minimum Gasteiger partial charge on any atom is -0.350 e. The van der Waals surface area contributed by atoms with Crippen LogP contribution in [0.1, 0.15) is 68.3 Å². The van der Waals surface area contributed by atoms with Gasteiger partial charge >= 0.3 is 6.18 Å². The molecular weight excluding hydrogens is 534 g/mol. The number of aryl methyl sites for hydroxylation is 1. The predicted molar refractivity (Wildman–Crippen MR) is 134 cm³/mol. The lowest BCUT2D eigenvalue weighted by Crippen LogP contribution is -2.34. The zero-order valence-corrected chi connectivity index (χ0v) is 22.8. The molecule has 12 heteroatoms. The van der Waals surface area contributed by atoms with Gasteiger partial charge in [0.05, 0.1) is 16.4 Å². The van der Waals surface area contributed by atoms with Gasteiger partial charge in [-0.3, -0.25) is 9.36 Å². The maximum atomic E-state index is 15.1. The number of halogens is 5. The van der Waals surface area contributed by atoms with E-state index in [0.717, 1.165) is 19.9 Å². The maximum Gasteiger partial charge on any atom is 0.394 e. The van der Waals surface area contributed by atoms with Crippen molar-refractivity contribution < 1.29 is 30.8 Å². The predicted octanol–water partition coefficient (Wildman–Crippen LogP) is 5.69. The maximum absolute atomic E-state index is 15.1. The molecule has 0 unspecified atom stereocenters. The Labute approximate surface area is 219 Å². The van der Waals surface area contributed by atoms with E-state index in [4.69, 9.17) is 11.6 Å². The normalized spacial score (nSPS) is 19.2. The highest BCUT2D eigenvalue weighted by molar-refractivity contribution is 7.91. The zero-order chi connectivity index (χ0) is 27.8. The van der Waals surface area contributed by atoms with Crippen molar-refractivity contribution in [1.29, 1.82) is 0 Å². The Kier molecular flexibility index (Phi) is 8.68. The third-order valence-electron chi connectivity index (χ3n) is 7.04. The molecular formula is C25H32ClF4N3O3S. The smallest absolute Gasteiger partial charge is 0.350 e. The van der Waals surface area contributed by atoms with Crippen LogP contribution in [0.2, 0.25) is 5.15 Å². The average molecular weight is 566 g/mol. The highest BCUT2D eigenvalue weighted by atomic mass is 35.5. The number of benzene rings is 1. The van der Waals surface area contributed by atoms with Gasteiger partial charge in [0, 0.05) is 19.2 Å². The summed E-state index contributed by atoms with van der Waals surface area (Å²) >= 11 is 6.46. The number of alkyl halides is 3. The number of carbonyl (C=O) groups is 1. The third-order valence-corrected chi connectivity index (χ3v) is 9.07. The molecule has 0 atom stereocenters. The summed E-state index contributed by atoms with van der Waals surface area (Å²) in [6.07, 6.45) is -0.847. The lowest BCUT2D eigenvalue weighted by atomic mass is 9.85. The van der Waals surface area contributed by atoms with Gasteiger partial charge in [-0.2, -0.15) is 13.2 Å². The molecule has 1 N–H and O–H groups in total. The third kappa shape index (κ3) is 6.66. The summed E-state index contributed by atoms with van der Waals surface area (Å²) in [7, 11) is -3.08. The molecule has 6 nitrogen and oxygen atoms in total. The van der Waals surface area contributed by atoms with Crippen LogP contribution in [0.15, 0.2) is 18.2 Å². The topological polar surface area (TPSA) is 81.1 Å². The van der Waals surface area contributed by atoms with Gasteiger partial charge in [-0.05, 0) is 55.7 Å². The molecule has 1 aliphatic rings. The number of rotatable bonds is 8. The largest absolute Gasteiger partial charge is 0.394 e. The van der Waals surface area contributed by atoms with Crippen LogP contribution < -0.4 is 5.32 Å². The Morgan fingerprint density at radius 3 is 2.32 bits per heavy atom. The number of aromatic nitrogens is 2. The Morgan fingerprint density at radius 1 is 1.19 bits per heavy atom. The van der Waals surface area contributed by atoms with Gasteiger partial charge in [-0.1, -0.05) is 38.4 Å². The lowest BCUT2D eigenvalue weighted by Gasteiger charge is -2.27. The molecule has 3 rings (SSSR count). The van der Waals surface area contributed by atoms with E-state index in [1.807, 2.05) is 0 Å². The van der Waals surface area contributed by atoms with E-state index in [0.29, 0.717) is 44.5 Å². The standard InChI is InChI=1S/C25H32ClF4N3O3S/c1-5-20-32-21(23(34)31-14-15-6-9-17(10-7-15)37(4,35)36)22(26)33(20)19-11-8-16(12-18(19)27)13-24(2,3)25(28,29)30/h8,11-12,15,17H,5-7,9-10,13-14H2,1-4H3,(H,31,34)/t15-,17-. The van der Waals surface area contributed by atoms with Crippen LogP contribution >= 0.6 is 11.6 Å². The van der Waals surface area contributed by atoms with Crippen molar-refractivity contribution in [3.05, 3.63) is 46.3 Å². The van der Waals surface area contributed by atoms with Crippen molar-refractivity contribution >= 4 is 27.3 Å². The highest BCUT2D eigenvalue weighted by Gasteiger charge is 2.47. The fraction of sp³-hybridized carbons (Fsp3) is 0.600. The van der Waals surface area contributed by atoms with E-state index >= 15 is 4.39 Å². The summed E-state index contributed by atoms with van der Waals surface area (Å²) in [5.74, 6) is -0.864. The van der Waals surface area contributed by atoms with E-state index in [1.165, 1.54) is 23.0 Å². The summed E-state index contributed by atoms with van der Waals surface area (Å²) in [5, 5.41) is 2.34. The molecule has 1 saturated carbocycles. The number of imidazole rings is 1. The van der Waals surface area contributed by atoms with Gasteiger partial charge in [0.25, 0.3) is 5.91 Å². The SMILES string of the molecule is CCc1nc(C(=O)NC[C@H]2CC[C@H](S(C)(=O)=O)CC2)c(Cl)n1-c1ccc(CC(C)(C)C(F)(F)F)cc1F. The van der Waals surface area contributed by atoms with Gasteiger partial charge in [0.1, 0.15) is 26.6 Å². The van der Waals surface area contributed by atoms with Gasteiger partial charge in [-0.15, -0.1) is 0 Å². The number of sulfone groups is 1. The molecule has 1 amide bonds. The van der Waals surface area contributed by atoms with Gasteiger partial charge in [-0.25, -0.2) is 17.8 Å². The zero-order valence-electron chi connectivity index (χ0n) is 21.3. The van der Waals surface area contributed by atoms with Crippen LogP contribution in [-0.2, 0) is 22.7 Å². The molecule has 1 aliphatic carbocycles. The van der Waals surface area contributed by atoms with Crippen molar-refractivity contribution in [2.45, 2.75) is 70.7 Å². The van der Waals surface area contributed by atoms with Gasteiger partial charge in [0.15, 0.2) is 5.69 Å². The number of carbonyl (C=O) groups excluding carboxylic acids is 1. The van der Waals surface area contributed by atoms with E-state index < -0.39 is 39.6 Å². The molecule has 0 bridgehead atoms. The minimum atomic E-state index is -4.44. The number of amides is 1. The molecule has 206 valence electrons. The summed E-state index contributed by atoms with van der Waals surface area (Å²) in [6.45, 7) is 4.21. The summed E-state index contributed by atoms with van der Waals surface area (Å²) in [6, 6.07) is 3.80. The van der Waals surface area contributed by atoms with Gasteiger partial charge < -0.3 is 5.32 Å². The van der Waals surface area contributed by atoms with Crippen molar-refractivity contribution in [1.82, 2.24) is 14.9 Å². The first-order valence-electron chi connectivity index (χ1n) is 12.1. The van der Waals surface area contributed by atoms with E-state index in [9.17, 15) is 26.4 Å². The van der Waals surface area contributed by atoms with E-state index in [2.05, 4.69) is 10.3 Å². The van der Waals surface area contributed by atoms with Crippen LogP contribution in [0, 0.1) is 17.2 Å². The Morgan fingerprint density at radius 2 is 1.81 bits per heavy atom. The number of hydrogen-bond acceptors (Lipinski definition) is 4. The summed E-state index contributed by atoms with van der Waals surface area (Å²) < 4.78 is 79.6. The molecule has 37 heavy (non-hydrogen) atoms. The molecule has 0 saturated heterocycles. The second kappa shape index (κ2) is 10.9. The lowest BCUT2D eigenvalue weighted by molar-refractivity contribution is -0.211. The second-order valence-corrected chi connectivity index (χ2v) is 13.1. The number of nitrogens with one attached hydrogen (secondary N) is 1. The monoisotopic (exact) mass is 565 g/mol. The Balaban J connectivity index is 1.76. The Hall–Kier alpha value is -2.14. The Bertz CT molecular complexity index is 1250. The summed E-state index contributed by atoms with van der Waals surface area (Å²) in [5.41, 5.74) is -1.94. The molecule has 0 aliphatic heterocycles. The quantitative estimate of drug-likeness (QED) is 0.417. The molecule has 1 fully saturated rings. The van der Waals surface area contributed by atoms with Crippen LogP contribution in [0.5, 0.6) is 0 Å². The minimum absolute atomic E-state index is 0.0129. The first-order chi connectivity index (χ1) is 17.0. The molecule has 0 spiro atoms.